The van der Waals surface area contributed by atoms with Crippen molar-refractivity contribution in [1.29, 1.82) is 0 Å². The van der Waals surface area contributed by atoms with Crippen molar-refractivity contribution in [2.45, 2.75) is 58.0 Å². The van der Waals surface area contributed by atoms with E-state index in [1.807, 2.05) is 0 Å². The van der Waals surface area contributed by atoms with Crippen molar-refractivity contribution in [3.63, 3.8) is 0 Å². The fourth-order valence-corrected chi connectivity index (χ4v) is 4.08. The third-order valence-electron chi connectivity index (χ3n) is 5.45. The van der Waals surface area contributed by atoms with E-state index in [4.69, 9.17) is 0 Å². The van der Waals surface area contributed by atoms with Crippen LogP contribution in [0.2, 0.25) is 0 Å². The van der Waals surface area contributed by atoms with Crippen molar-refractivity contribution in [2.24, 2.45) is 0 Å². The number of aryl methyl sites for hydroxylation is 1. The highest BCUT2D eigenvalue weighted by molar-refractivity contribution is 5.85. The first-order chi connectivity index (χ1) is 13.3. The lowest BCUT2D eigenvalue weighted by atomic mass is 9.99. The Hall–Kier alpha value is -1.90. The van der Waals surface area contributed by atoms with Crippen LogP contribution < -0.4 is 10.6 Å². The minimum absolute atomic E-state index is 0. The van der Waals surface area contributed by atoms with Crippen LogP contribution in [0.3, 0.4) is 0 Å². The molecule has 1 fully saturated rings. The summed E-state index contributed by atoms with van der Waals surface area (Å²) >= 11 is 0. The molecule has 158 valence electrons. The number of halogens is 4. The molecule has 0 radical (unpaired) electrons. The van der Waals surface area contributed by atoms with E-state index in [2.05, 4.69) is 32.4 Å². The SMILES string of the molecule is Cc1cc(Nc2ncc3c(n2)CN([C@@H]2CCN[C@H](C)C2)C3)cc(C(F)(F)F)c1.Cl. The van der Waals surface area contributed by atoms with E-state index in [1.54, 1.807) is 19.2 Å². The molecule has 9 heteroatoms. The van der Waals surface area contributed by atoms with Gasteiger partial charge in [0.25, 0.3) is 0 Å². The first-order valence-corrected chi connectivity index (χ1v) is 9.56. The molecule has 29 heavy (non-hydrogen) atoms. The maximum atomic E-state index is 13.0. The Kier molecular flexibility index (Phi) is 6.36. The van der Waals surface area contributed by atoms with Crippen LogP contribution in [-0.2, 0) is 19.3 Å². The van der Waals surface area contributed by atoms with E-state index in [9.17, 15) is 13.2 Å². The second-order valence-corrected chi connectivity index (χ2v) is 7.81. The number of fused-ring (bicyclic) bond motifs is 1. The molecule has 2 aromatic rings. The Morgan fingerprint density at radius 3 is 2.72 bits per heavy atom. The molecule has 2 atom stereocenters. The minimum atomic E-state index is -4.38. The predicted molar refractivity (Wildman–Crippen MR) is 108 cm³/mol. The summed E-state index contributed by atoms with van der Waals surface area (Å²) in [5.41, 5.74) is 2.24. The summed E-state index contributed by atoms with van der Waals surface area (Å²) in [5.74, 6) is 0.331. The number of benzene rings is 1. The maximum Gasteiger partial charge on any atom is 0.416 e. The number of nitrogens with one attached hydrogen (secondary N) is 2. The average molecular weight is 428 g/mol. The van der Waals surface area contributed by atoms with E-state index >= 15 is 0 Å². The van der Waals surface area contributed by atoms with E-state index in [-0.39, 0.29) is 12.4 Å². The molecule has 2 aliphatic rings. The summed E-state index contributed by atoms with van der Waals surface area (Å²) in [7, 11) is 0. The summed E-state index contributed by atoms with van der Waals surface area (Å²) in [6, 6.07) is 4.91. The van der Waals surface area contributed by atoms with Gasteiger partial charge in [-0.15, -0.1) is 12.4 Å². The van der Waals surface area contributed by atoms with Gasteiger partial charge in [0, 0.05) is 42.6 Å². The molecule has 0 unspecified atom stereocenters. The number of rotatable bonds is 3. The monoisotopic (exact) mass is 427 g/mol. The Bertz CT molecular complexity index is 874. The Labute approximate surface area is 174 Å². The van der Waals surface area contributed by atoms with Gasteiger partial charge in [0.15, 0.2) is 0 Å². The molecule has 2 N–H and O–H groups in total. The maximum absolute atomic E-state index is 13.0. The fraction of sp³-hybridized carbons (Fsp3) is 0.500. The third-order valence-corrected chi connectivity index (χ3v) is 5.45. The normalized spacial score (nSPS) is 22.1. The van der Waals surface area contributed by atoms with Gasteiger partial charge in [-0.25, -0.2) is 9.97 Å². The van der Waals surface area contributed by atoms with Crippen LogP contribution >= 0.6 is 12.4 Å². The lowest BCUT2D eigenvalue weighted by Gasteiger charge is -2.34. The van der Waals surface area contributed by atoms with Crippen LogP contribution in [0.15, 0.2) is 24.4 Å². The van der Waals surface area contributed by atoms with Crippen molar-refractivity contribution in [1.82, 2.24) is 20.2 Å². The number of hydrogen-bond acceptors (Lipinski definition) is 5. The summed E-state index contributed by atoms with van der Waals surface area (Å²) in [5, 5.41) is 6.41. The van der Waals surface area contributed by atoms with Crippen molar-refractivity contribution in [2.75, 3.05) is 11.9 Å². The highest BCUT2D eigenvalue weighted by atomic mass is 35.5. The first kappa shape index (κ1) is 21.8. The Morgan fingerprint density at radius 2 is 2.00 bits per heavy atom. The quantitative estimate of drug-likeness (QED) is 0.759. The lowest BCUT2D eigenvalue weighted by Crippen LogP contribution is -2.45. The van der Waals surface area contributed by atoms with Gasteiger partial charge < -0.3 is 10.6 Å². The number of alkyl halides is 3. The molecule has 0 amide bonds. The fourth-order valence-electron chi connectivity index (χ4n) is 4.08. The van der Waals surface area contributed by atoms with Gasteiger partial charge in [-0.3, -0.25) is 4.90 Å². The number of piperidine rings is 1. The van der Waals surface area contributed by atoms with Gasteiger partial charge in [-0.05, 0) is 57.0 Å². The first-order valence-electron chi connectivity index (χ1n) is 9.56. The van der Waals surface area contributed by atoms with Crippen molar-refractivity contribution in [3.8, 4) is 0 Å². The molecule has 0 spiro atoms. The molecule has 0 bridgehead atoms. The van der Waals surface area contributed by atoms with Gasteiger partial charge >= 0.3 is 6.18 Å². The second kappa shape index (κ2) is 8.45. The largest absolute Gasteiger partial charge is 0.416 e. The van der Waals surface area contributed by atoms with E-state index in [1.165, 1.54) is 0 Å². The topological polar surface area (TPSA) is 53.1 Å². The van der Waals surface area contributed by atoms with Crippen LogP contribution in [0.5, 0.6) is 0 Å². The smallest absolute Gasteiger partial charge is 0.324 e. The summed E-state index contributed by atoms with van der Waals surface area (Å²) < 4.78 is 39.1. The molecule has 1 saturated heterocycles. The van der Waals surface area contributed by atoms with Gasteiger partial charge in [0.1, 0.15) is 0 Å². The molecule has 4 rings (SSSR count). The zero-order chi connectivity index (χ0) is 19.9. The second-order valence-electron chi connectivity index (χ2n) is 7.81. The Morgan fingerprint density at radius 1 is 1.21 bits per heavy atom. The molecule has 5 nitrogen and oxygen atoms in total. The van der Waals surface area contributed by atoms with Crippen LogP contribution in [0, 0.1) is 6.92 Å². The molecule has 1 aromatic heterocycles. The van der Waals surface area contributed by atoms with Gasteiger partial charge in [-0.1, -0.05) is 0 Å². The van der Waals surface area contributed by atoms with Crippen LogP contribution in [0.1, 0.15) is 42.1 Å². The van der Waals surface area contributed by atoms with E-state index in [0.29, 0.717) is 29.3 Å². The summed E-state index contributed by atoms with van der Waals surface area (Å²) in [4.78, 5) is 11.3. The molecule has 2 aliphatic heterocycles. The third kappa shape index (κ3) is 4.99. The highest BCUT2D eigenvalue weighted by Crippen LogP contribution is 2.33. The number of anilines is 2. The van der Waals surface area contributed by atoms with Gasteiger partial charge in [-0.2, -0.15) is 13.2 Å². The zero-order valence-electron chi connectivity index (χ0n) is 16.4. The van der Waals surface area contributed by atoms with Crippen LogP contribution in [-0.4, -0.2) is 33.5 Å². The molecular formula is C20H25ClF3N5. The van der Waals surface area contributed by atoms with Crippen molar-refractivity contribution in [3.05, 3.63) is 46.8 Å². The summed E-state index contributed by atoms with van der Waals surface area (Å²) in [6.45, 7) is 6.45. The lowest BCUT2D eigenvalue weighted by molar-refractivity contribution is -0.137. The highest BCUT2D eigenvalue weighted by Gasteiger charge is 2.32. The number of hydrogen-bond donors (Lipinski definition) is 2. The predicted octanol–water partition coefficient (Wildman–Crippen LogP) is 4.43. The average Bonchev–Trinajstić information content (AvgIpc) is 3.04. The number of aromatic nitrogens is 2. The van der Waals surface area contributed by atoms with Crippen molar-refractivity contribution < 1.29 is 13.2 Å². The molecule has 1 aromatic carbocycles. The standard InChI is InChI=1S/C20H24F3N5.ClH/c1-12-5-15(20(21,22)23)8-16(6-12)26-19-25-9-14-10-28(11-18(14)27-19)17-3-4-24-13(2)7-17;/h5-6,8-9,13,17,24H,3-4,7,10-11H2,1-2H3,(H,25,26,27);1H/t13-,17-;/m1./s1. The summed E-state index contributed by atoms with van der Waals surface area (Å²) in [6.07, 6.45) is -0.375. The number of nitrogens with zero attached hydrogens (tertiary/aromatic N) is 3. The van der Waals surface area contributed by atoms with Crippen LogP contribution in [0.4, 0.5) is 24.8 Å². The zero-order valence-corrected chi connectivity index (χ0v) is 17.2. The Balaban J connectivity index is 0.00000240. The molecule has 3 heterocycles. The van der Waals surface area contributed by atoms with Crippen molar-refractivity contribution >= 4 is 24.0 Å². The molecule has 0 aliphatic carbocycles. The van der Waals surface area contributed by atoms with Crippen LogP contribution in [0.25, 0.3) is 0 Å². The van der Waals surface area contributed by atoms with Gasteiger partial charge in [0.05, 0.1) is 11.3 Å². The van der Waals surface area contributed by atoms with E-state index < -0.39 is 11.7 Å². The minimum Gasteiger partial charge on any atom is -0.324 e. The molecular weight excluding hydrogens is 403 g/mol. The van der Waals surface area contributed by atoms with Gasteiger partial charge in [0.2, 0.25) is 5.95 Å². The van der Waals surface area contributed by atoms with E-state index in [0.717, 1.165) is 55.9 Å². The molecule has 0 saturated carbocycles.